The van der Waals surface area contributed by atoms with E-state index in [-0.39, 0.29) is 0 Å². The van der Waals surface area contributed by atoms with Gasteiger partial charge in [0.25, 0.3) is 0 Å². The van der Waals surface area contributed by atoms with Crippen LogP contribution in [0.15, 0.2) is 23.7 Å². The number of hydrogen-bond acceptors (Lipinski definition) is 1. The Bertz CT molecular complexity index is 432. The van der Waals surface area contributed by atoms with Crippen molar-refractivity contribution in [2.75, 3.05) is 0 Å². The van der Waals surface area contributed by atoms with Crippen LogP contribution in [0.3, 0.4) is 0 Å². The Morgan fingerprint density at radius 2 is 2.00 bits per heavy atom. The van der Waals surface area contributed by atoms with Crippen molar-refractivity contribution in [3.63, 3.8) is 0 Å². The Morgan fingerprint density at radius 1 is 1.31 bits per heavy atom. The van der Waals surface area contributed by atoms with Gasteiger partial charge in [-0.1, -0.05) is 25.3 Å². The summed E-state index contributed by atoms with van der Waals surface area (Å²) in [6.45, 7) is 11.3. The minimum atomic E-state index is 0.834. The van der Waals surface area contributed by atoms with Crippen LogP contribution >= 0.6 is 0 Å². The third-order valence-corrected chi connectivity index (χ3v) is 2.00. The minimum absolute atomic E-state index is 0.834. The molecule has 0 atom stereocenters. The Balaban J connectivity index is 3.65. The zero-order valence-electron chi connectivity index (χ0n) is 8.13. The molecule has 1 nitrogen and oxygen atoms in total. The van der Waals surface area contributed by atoms with Gasteiger partial charge in [0.15, 0.2) is 0 Å². The summed E-state index contributed by atoms with van der Waals surface area (Å²) >= 11 is 0. The topological polar surface area (TPSA) is 13.1 Å². The van der Waals surface area contributed by atoms with Crippen molar-refractivity contribution >= 4 is 18.2 Å². The van der Waals surface area contributed by atoms with Crippen molar-refractivity contribution in [3.8, 4) is 0 Å². The van der Waals surface area contributed by atoms with Crippen LogP contribution in [0.25, 0.3) is 18.2 Å². The van der Waals surface area contributed by atoms with Crippen LogP contribution in [-0.4, -0.2) is 0 Å². The van der Waals surface area contributed by atoms with Gasteiger partial charge in [-0.15, -0.1) is 0 Å². The largest absolute Gasteiger partial charge is 0.456 e. The molecule has 0 saturated heterocycles. The minimum Gasteiger partial charge on any atom is -0.456 e. The van der Waals surface area contributed by atoms with Crippen LogP contribution < -0.4 is 10.6 Å². The van der Waals surface area contributed by atoms with Gasteiger partial charge in [-0.2, -0.15) is 0 Å². The van der Waals surface area contributed by atoms with Crippen LogP contribution in [0.5, 0.6) is 0 Å². The summed E-state index contributed by atoms with van der Waals surface area (Å²) in [4.78, 5) is 0. The van der Waals surface area contributed by atoms with E-state index in [1.807, 2.05) is 26.0 Å². The Kier molecular flexibility index (Phi) is 2.91. The summed E-state index contributed by atoms with van der Waals surface area (Å²) in [6, 6.07) is 0. The first kappa shape index (κ1) is 9.59. The first-order chi connectivity index (χ1) is 6.24. The van der Waals surface area contributed by atoms with Gasteiger partial charge in [0.1, 0.15) is 11.2 Å². The Morgan fingerprint density at radius 3 is 2.46 bits per heavy atom. The molecule has 0 aromatic carbocycles. The van der Waals surface area contributed by atoms with Crippen molar-refractivity contribution in [1.82, 2.24) is 0 Å². The molecule has 1 heteroatoms. The van der Waals surface area contributed by atoms with E-state index in [1.54, 1.807) is 12.2 Å². The molecule has 0 bridgehead atoms. The van der Waals surface area contributed by atoms with E-state index in [0.29, 0.717) is 0 Å². The average molecular weight is 174 g/mol. The smallest absolute Gasteiger partial charge is 0.134 e. The van der Waals surface area contributed by atoms with Crippen molar-refractivity contribution in [2.45, 2.75) is 13.8 Å². The molecule has 0 aliphatic carbocycles. The van der Waals surface area contributed by atoms with E-state index in [0.717, 1.165) is 22.0 Å². The molecule has 0 fully saturated rings. The highest BCUT2D eigenvalue weighted by atomic mass is 16.3. The van der Waals surface area contributed by atoms with E-state index < -0.39 is 0 Å². The summed E-state index contributed by atoms with van der Waals surface area (Å²) in [5, 5.41) is 1.12. The summed E-state index contributed by atoms with van der Waals surface area (Å²) in [5.74, 6) is 0.834. The second kappa shape index (κ2) is 3.94. The molecule has 0 aliphatic heterocycles. The predicted octanol–water partition coefficient (Wildman–Crippen LogP) is 2.00. The standard InChI is InChI=1S/C12H14O/c1-5-8-12-10(6-2)9(4)11(7-3)13-12/h5-8H,1,3H2,2,4H3/b10-6-,12-8+. The van der Waals surface area contributed by atoms with Crippen molar-refractivity contribution in [3.05, 3.63) is 41.2 Å². The molecular formula is C12H14O. The second-order valence-electron chi connectivity index (χ2n) is 2.76. The molecule has 0 saturated carbocycles. The lowest BCUT2D eigenvalue weighted by molar-refractivity contribution is 0.521. The second-order valence-corrected chi connectivity index (χ2v) is 2.76. The van der Waals surface area contributed by atoms with Crippen LogP contribution in [0.2, 0.25) is 0 Å². The fourth-order valence-electron chi connectivity index (χ4n) is 1.35. The van der Waals surface area contributed by atoms with Crippen molar-refractivity contribution in [1.29, 1.82) is 0 Å². The molecule has 0 aliphatic rings. The molecule has 1 heterocycles. The zero-order valence-corrected chi connectivity index (χ0v) is 8.13. The predicted molar refractivity (Wildman–Crippen MR) is 57.6 cm³/mol. The summed E-state index contributed by atoms with van der Waals surface area (Å²) in [7, 11) is 0. The molecule has 0 spiro atoms. The first-order valence-corrected chi connectivity index (χ1v) is 4.25. The van der Waals surface area contributed by atoms with Crippen molar-refractivity contribution < 1.29 is 4.42 Å². The molecule has 1 rings (SSSR count). The number of hydrogen-bond donors (Lipinski definition) is 0. The quantitative estimate of drug-likeness (QED) is 0.668. The van der Waals surface area contributed by atoms with Gasteiger partial charge in [-0.3, -0.25) is 0 Å². The maximum atomic E-state index is 5.55. The lowest BCUT2D eigenvalue weighted by Crippen LogP contribution is -2.20. The highest BCUT2D eigenvalue weighted by Gasteiger charge is 2.01. The van der Waals surface area contributed by atoms with E-state index >= 15 is 0 Å². The van der Waals surface area contributed by atoms with Crippen LogP contribution in [0.1, 0.15) is 18.2 Å². The Hall–Kier alpha value is -1.50. The zero-order chi connectivity index (χ0) is 9.84. The molecular weight excluding hydrogens is 160 g/mol. The number of allylic oxidation sites excluding steroid dienone is 1. The van der Waals surface area contributed by atoms with E-state index in [2.05, 4.69) is 13.2 Å². The fraction of sp³-hybridized carbons (Fsp3) is 0.167. The lowest BCUT2D eigenvalue weighted by Gasteiger charge is -1.83. The van der Waals surface area contributed by atoms with Gasteiger partial charge in [-0.25, -0.2) is 0 Å². The number of rotatable bonds is 2. The third kappa shape index (κ3) is 1.64. The maximum absolute atomic E-state index is 5.55. The van der Waals surface area contributed by atoms with Gasteiger partial charge in [0.2, 0.25) is 0 Å². The fourth-order valence-corrected chi connectivity index (χ4v) is 1.35. The summed E-state index contributed by atoms with van der Waals surface area (Å²) in [5.41, 5.74) is 1.98. The van der Waals surface area contributed by atoms with E-state index in [9.17, 15) is 0 Å². The van der Waals surface area contributed by atoms with Gasteiger partial charge in [-0.05, 0) is 26.0 Å². The van der Waals surface area contributed by atoms with Gasteiger partial charge in [0, 0.05) is 10.8 Å². The molecule has 68 valence electrons. The molecule has 1 aromatic heterocycles. The van der Waals surface area contributed by atoms with Gasteiger partial charge >= 0.3 is 0 Å². The SMILES string of the molecule is C=C/C=c1/oc(C=C)c(C)/c1=C/C. The van der Waals surface area contributed by atoms with Crippen LogP contribution in [0, 0.1) is 6.92 Å². The molecule has 0 unspecified atom stereocenters. The molecule has 1 aromatic rings. The van der Waals surface area contributed by atoms with Crippen LogP contribution in [-0.2, 0) is 0 Å². The maximum Gasteiger partial charge on any atom is 0.134 e. The monoisotopic (exact) mass is 174 g/mol. The normalized spacial score (nSPS) is 13.4. The summed E-state index contributed by atoms with van der Waals surface area (Å²) < 4.78 is 5.55. The molecule has 0 N–H and O–H groups in total. The lowest BCUT2D eigenvalue weighted by atomic mass is 10.2. The average Bonchev–Trinajstić information content (AvgIpc) is 2.43. The van der Waals surface area contributed by atoms with Crippen LogP contribution in [0.4, 0.5) is 0 Å². The third-order valence-electron chi connectivity index (χ3n) is 2.00. The summed E-state index contributed by atoms with van der Waals surface area (Å²) in [6.07, 6.45) is 7.33. The molecule has 0 amide bonds. The first-order valence-electron chi connectivity index (χ1n) is 4.25. The van der Waals surface area contributed by atoms with E-state index in [4.69, 9.17) is 4.42 Å². The Labute approximate surface area is 78.4 Å². The van der Waals surface area contributed by atoms with Crippen molar-refractivity contribution in [2.24, 2.45) is 0 Å². The van der Waals surface area contributed by atoms with E-state index in [1.165, 1.54) is 0 Å². The highest BCUT2D eigenvalue weighted by Crippen LogP contribution is 2.01. The number of furan rings is 1. The van der Waals surface area contributed by atoms with Gasteiger partial charge < -0.3 is 4.42 Å². The molecule has 13 heavy (non-hydrogen) atoms. The molecule has 0 radical (unpaired) electrons. The van der Waals surface area contributed by atoms with Gasteiger partial charge in [0.05, 0.1) is 0 Å². The highest BCUT2D eigenvalue weighted by molar-refractivity contribution is 5.48.